The van der Waals surface area contributed by atoms with Crippen molar-refractivity contribution in [3.63, 3.8) is 0 Å². The molecule has 0 fully saturated rings. The van der Waals surface area contributed by atoms with Crippen molar-refractivity contribution in [3.8, 4) is 5.75 Å². The highest BCUT2D eigenvalue weighted by Crippen LogP contribution is 2.30. The van der Waals surface area contributed by atoms with Gasteiger partial charge in [0.2, 0.25) is 0 Å². The van der Waals surface area contributed by atoms with E-state index in [-0.39, 0.29) is 22.2 Å². The molecular formula is C11H7ClF3N3O2S. The van der Waals surface area contributed by atoms with Crippen LogP contribution in [0.25, 0.3) is 0 Å². The van der Waals surface area contributed by atoms with Gasteiger partial charge < -0.3 is 10.1 Å². The fraction of sp³-hybridized carbons (Fsp3) is 0.182. The molecular weight excluding hydrogens is 331 g/mol. The first-order chi connectivity index (χ1) is 9.85. The Hall–Kier alpha value is -1.87. The number of hydrogen-bond acceptors (Lipinski definition) is 5. The summed E-state index contributed by atoms with van der Waals surface area (Å²) in [5.74, 6) is -0.792. The van der Waals surface area contributed by atoms with Gasteiger partial charge in [0.15, 0.2) is 12.3 Å². The lowest BCUT2D eigenvalue weighted by atomic mass is 10.3. The van der Waals surface area contributed by atoms with Crippen molar-refractivity contribution in [1.29, 1.82) is 0 Å². The van der Waals surface area contributed by atoms with Crippen LogP contribution in [-0.4, -0.2) is 28.3 Å². The highest BCUT2D eigenvalue weighted by atomic mass is 35.5. The number of rotatable bonds is 4. The molecule has 1 N–H and O–H groups in total. The van der Waals surface area contributed by atoms with E-state index >= 15 is 0 Å². The molecule has 0 saturated carbocycles. The standard InChI is InChI=1S/C11H7ClF3N3O2S/c12-6-1-2-7(9(3-6)20-5-11(13,14)15)16-10(19)8-4-21-18-17-8/h1-4H,5H2,(H,16,19). The number of ether oxygens (including phenoxy) is 1. The van der Waals surface area contributed by atoms with Gasteiger partial charge >= 0.3 is 6.18 Å². The summed E-state index contributed by atoms with van der Waals surface area (Å²) in [4.78, 5) is 11.8. The van der Waals surface area contributed by atoms with Crippen LogP contribution in [0.2, 0.25) is 5.02 Å². The second kappa shape index (κ2) is 6.27. The lowest BCUT2D eigenvalue weighted by Gasteiger charge is -2.13. The first-order valence-corrected chi connectivity index (χ1v) is 6.64. The average molecular weight is 338 g/mol. The number of carbonyl (C=O) groups excluding carboxylic acids is 1. The Morgan fingerprint density at radius 2 is 2.19 bits per heavy atom. The zero-order chi connectivity index (χ0) is 15.5. The number of halogens is 4. The Morgan fingerprint density at radius 3 is 2.81 bits per heavy atom. The van der Waals surface area contributed by atoms with Crippen LogP contribution in [0.15, 0.2) is 23.6 Å². The summed E-state index contributed by atoms with van der Waals surface area (Å²) in [7, 11) is 0. The molecule has 1 aromatic carbocycles. The van der Waals surface area contributed by atoms with E-state index in [9.17, 15) is 18.0 Å². The zero-order valence-corrected chi connectivity index (χ0v) is 11.7. The first-order valence-electron chi connectivity index (χ1n) is 5.42. The van der Waals surface area contributed by atoms with Crippen LogP contribution in [0.5, 0.6) is 5.75 Å². The molecule has 2 aromatic rings. The van der Waals surface area contributed by atoms with Gasteiger partial charge in [0.25, 0.3) is 5.91 Å². The molecule has 1 amide bonds. The summed E-state index contributed by atoms with van der Waals surface area (Å²) in [6, 6.07) is 3.94. The van der Waals surface area contributed by atoms with E-state index in [2.05, 4.69) is 19.6 Å². The van der Waals surface area contributed by atoms with Gasteiger partial charge in [-0.3, -0.25) is 4.79 Å². The van der Waals surface area contributed by atoms with Crippen LogP contribution in [0, 0.1) is 0 Å². The number of hydrogen-bond donors (Lipinski definition) is 1. The van der Waals surface area contributed by atoms with Crippen LogP contribution < -0.4 is 10.1 Å². The van der Waals surface area contributed by atoms with Gasteiger partial charge in [-0.25, -0.2) is 0 Å². The topological polar surface area (TPSA) is 64.1 Å². The van der Waals surface area contributed by atoms with Gasteiger partial charge in [-0.2, -0.15) is 13.2 Å². The van der Waals surface area contributed by atoms with Gasteiger partial charge in [-0.15, -0.1) is 5.10 Å². The minimum absolute atomic E-state index is 0.0525. The van der Waals surface area contributed by atoms with Crippen molar-refractivity contribution in [3.05, 3.63) is 34.3 Å². The summed E-state index contributed by atoms with van der Waals surface area (Å²) in [6.45, 7) is -1.49. The van der Waals surface area contributed by atoms with Gasteiger partial charge in [0.05, 0.1) is 5.69 Å². The van der Waals surface area contributed by atoms with E-state index < -0.39 is 18.7 Å². The number of carbonyl (C=O) groups is 1. The Balaban J connectivity index is 2.16. The van der Waals surface area contributed by atoms with Crippen molar-refractivity contribution >= 4 is 34.7 Å². The molecule has 10 heteroatoms. The molecule has 0 unspecified atom stereocenters. The third-order valence-corrected chi connectivity index (χ3v) is 2.92. The van der Waals surface area contributed by atoms with Crippen LogP contribution in [0.3, 0.4) is 0 Å². The van der Waals surface area contributed by atoms with Crippen LogP contribution in [-0.2, 0) is 0 Å². The van der Waals surface area contributed by atoms with E-state index in [0.29, 0.717) is 0 Å². The van der Waals surface area contributed by atoms with E-state index in [1.807, 2.05) is 0 Å². The second-order valence-electron chi connectivity index (χ2n) is 3.79. The number of nitrogens with zero attached hydrogens (tertiary/aromatic N) is 2. The van der Waals surface area contributed by atoms with Crippen molar-refractivity contribution in [2.45, 2.75) is 6.18 Å². The first kappa shape index (κ1) is 15.5. The van der Waals surface area contributed by atoms with Crippen molar-refractivity contribution in [1.82, 2.24) is 9.59 Å². The maximum Gasteiger partial charge on any atom is 0.422 e. The van der Waals surface area contributed by atoms with Crippen LogP contribution >= 0.6 is 23.1 Å². The van der Waals surface area contributed by atoms with Gasteiger partial charge in [0.1, 0.15) is 5.75 Å². The molecule has 0 aliphatic rings. The van der Waals surface area contributed by atoms with Gasteiger partial charge in [0, 0.05) is 16.5 Å². The molecule has 0 aliphatic heterocycles. The Labute approximate surface area is 125 Å². The Bertz CT molecular complexity index is 634. The summed E-state index contributed by atoms with van der Waals surface area (Å²) >= 11 is 6.68. The lowest BCUT2D eigenvalue weighted by molar-refractivity contribution is -0.153. The molecule has 21 heavy (non-hydrogen) atoms. The summed E-state index contributed by atoms with van der Waals surface area (Å²) in [5.41, 5.74) is 0.110. The lowest BCUT2D eigenvalue weighted by Crippen LogP contribution is -2.20. The predicted octanol–water partition coefficient (Wildman–Crippen LogP) is 3.38. The average Bonchev–Trinajstić information content (AvgIpc) is 2.92. The van der Waals surface area contributed by atoms with Crippen LogP contribution in [0.1, 0.15) is 10.5 Å². The molecule has 0 bridgehead atoms. The largest absolute Gasteiger partial charge is 0.482 e. The van der Waals surface area contributed by atoms with E-state index in [1.165, 1.54) is 23.6 Å². The number of nitrogens with one attached hydrogen (secondary N) is 1. The molecule has 112 valence electrons. The maximum absolute atomic E-state index is 12.2. The molecule has 0 aliphatic carbocycles. The highest BCUT2D eigenvalue weighted by Gasteiger charge is 2.29. The minimum atomic E-state index is -4.50. The molecule has 1 aromatic heterocycles. The maximum atomic E-state index is 12.2. The second-order valence-corrected chi connectivity index (χ2v) is 4.83. The van der Waals surface area contributed by atoms with E-state index in [0.717, 1.165) is 11.5 Å². The van der Waals surface area contributed by atoms with Gasteiger partial charge in [-0.05, 0) is 23.7 Å². The molecule has 5 nitrogen and oxygen atoms in total. The van der Waals surface area contributed by atoms with Crippen molar-refractivity contribution in [2.24, 2.45) is 0 Å². The number of amides is 1. The van der Waals surface area contributed by atoms with Gasteiger partial charge in [-0.1, -0.05) is 16.1 Å². The molecule has 0 saturated heterocycles. The third kappa shape index (κ3) is 4.57. The molecule has 0 radical (unpaired) electrons. The summed E-state index contributed by atoms with van der Waals surface area (Å²) < 4.78 is 44.8. The van der Waals surface area contributed by atoms with E-state index in [4.69, 9.17) is 11.6 Å². The SMILES string of the molecule is O=C(Nc1ccc(Cl)cc1OCC(F)(F)F)c1csnn1. The smallest absolute Gasteiger partial charge is 0.422 e. The van der Waals surface area contributed by atoms with Crippen LogP contribution in [0.4, 0.5) is 18.9 Å². The number of aromatic nitrogens is 2. The highest BCUT2D eigenvalue weighted by molar-refractivity contribution is 7.03. The summed E-state index contributed by atoms with van der Waals surface area (Å²) in [5, 5.41) is 7.53. The zero-order valence-electron chi connectivity index (χ0n) is 10.1. The molecule has 0 atom stereocenters. The third-order valence-electron chi connectivity index (χ3n) is 2.18. The van der Waals surface area contributed by atoms with Crippen molar-refractivity contribution in [2.75, 3.05) is 11.9 Å². The number of alkyl halides is 3. The summed E-state index contributed by atoms with van der Waals surface area (Å²) in [6.07, 6.45) is -4.50. The Morgan fingerprint density at radius 1 is 1.43 bits per heavy atom. The fourth-order valence-corrected chi connectivity index (χ4v) is 1.93. The number of anilines is 1. The van der Waals surface area contributed by atoms with Crippen molar-refractivity contribution < 1.29 is 22.7 Å². The minimum Gasteiger partial charge on any atom is -0.482 e. The monoisotopic (exact) mass is 337 g/mol. The normalized spacial score (nSPS) is 11.2. The Kier molecular flexibility index (Phi) is 4.63. The van der Waals surface area contributed by atoms with E-state index in [1.54, 1.807) is 0 Å². The number of benzene rings is 1. The molecule has 0 spiro atoms. The molecule has 1 heterocycles. The predicted molar refractivity (Wildman–Crippen MR) is 70.9 cm³/mol. The molecule has 2 rings (SSSR count). The fourth-order valence-electron chi connectivity index (χ4n) is 1.33. The quantitative estimate of drug-likeness (QED) is 0.929.